The Kier molecular flexibility index (Phi) is 6.39. The van der Waals surface area contributed by atoms with Crippen LogP contribution in [0.25, 0.3) is 0 Å². The SMILES string of the molecule is COC(=O)[C@@H](CCNCc1ccccc1)[C@@H](C)O. The van der Waals surface area contributed by atoms with E-state index in [0.717, 1.165) is 6.54 Å². The summed E-state index contributed by atoms with van der Waals surface area (Å²) in [6, 6.07) is 10.0. The van der Waals surface area contributed by atoms with Gasteiger partial charge < -0.3 is 15.2 Å². The zero-order valence-corrected chi connectivity index (χ0v) is 10.9. The number of carbonyl (C=O) groups is 1. The zero-order valence-electron chi connectivity index (χ0n) is 10.9. The highest BCUT2D eigenvalue weighted by atomic mass is 16.5. The van der Waals surface area contributed by atoms with E-state index >= 15 is 0 Å². The van der Waals surface area contributed by atoms with Crippen molar-refractivity contribution in [2.45, 2.75) is 26.0 Å². The van der Waals surface area contributed by atoms with Crippen LogP contribution in [-0.4, -0.2) is 30.8 Å². The van der Waals surface area contributed by atoms with Crippen molar-refractivity contribution in [3.63, 3.8) is 0 Å². The van der Waals surface area contributed by atoms with Crippen molar-refractivity contribution in [1.29, 1.82) is 0 Å². The Labute approximate surface area is 108 Å². The molecule has 1 aromatic rings. The molecule has 100 valence electrons. The van der Waals surface area contributed by atoms with E-state index in [2.05, 4.69) is 10.1 Å². The number of hydrogen-bond acceptors (Lipinski definition) is 4. The lowest BCUT2D eigenvalue weighted by Gasteiger charge is -2.17. The first-order chi connectivity index (χ1) is 8.65. The third-order valence-corrected chi connectivity index (χ3v) is 2.89. The van der Waals surface area contributed by atoms with Crippen LogP contribution in [-0.2, 0) is 16.1 Å². The molecule has 2 N–H and O–H groups in total. The molecule has 0 aliphatic carbocycles. The number of ether oxygens (including phenoxy) is 1. The zero-order chi connectivity index (χ0) is 13.4. The predicted octanol–water partition coefficient (Wildman–Crippen LogP) is 1.34. The quantitative estimate of drug-likeness (QED) is 0.567. The van der Waals surface area contributed by atoms with E-state index in [-0.39, 0.29) is 5.97 Å². The lowest BCUT2D eigenvalue weighted by molar-refractivity contribution is -0.149. The van der Waals surface area contributed by atoms with E-state index in [0.29, 0.717) is 13.0 Å². The Morgan fingerprint density at radius 3 is 2.61 bits per heavy atom. The lowest BCUT2D eigenvalue weighted by atomic mass is 10.00. The molecular formula is C14H21NO3. The van der Waals surface area contributed by atoms with Gasteiger partial charge in [-0.15, -0.1) is 0 Å². The van der Waals surface area contributed by atoms with E-state index < -0.39 is 12.0 Å². The van der Waals surface area contributed by atoms with Gasteiger partial charge >= 0.3 is 5.97 Å². The molecule has 0 fully saturated rings. The number of esters is 1. The summed E-state index contributed by atoms with van der Waals surface area (Å²) < 4.78 is 4.66. The molecule has 0 aliphatic rings. The Balaban J connectivity index is 2.29. The van der Waals surface area contributed by atoms with Gasteiger partial charge in [-0.25, -0.2) is 0 Å². The first-order valence-corrected chi connectivity index (χ1v) is 6.15. The third kappa shape index (κ3) is 4.85. The van der Waals surface area contributed by atoms with Crippen LogP contribution in [0.3, 0.4) is 0 Å². The molecule has 0 radical (unpaired) electrons. The van der Waals surface area contributed by atoms with Crippen LogP contribution in [0.15, 0.2) is 30.3 Å². The molecule has 1 aromatic carbocycles. The van der Waals surface area contributed by atoms with Crippen LogP contribution in [0.4, 0.5) is 0 Å². The number of rotatable bonds is 7. The minimum atomic E-state index is -0.684. The third-order valence-electron chi connectivity index (χ3n) is 2.89. The second kappa shape index (κ2) is 7.84. The minimum absolute atomic E-state index is 0.355. The van der Waals surface area contributed by atoms with E-state index in [1.165, 1.54) is 12.7 Å². The Morgan fingerprint density at radius 1 is 1.39 bits per heavy atom. The fourth-order valence-corrected chi connectivity index (χ4v) is 1.79. The van der Waals surface area contributed by atoms with Crippen molar-refractivity contribution >= 4 is 5.97 Å². The smallest absolute Gasteiger partial charge is 0.311 e. The highest BCUT2D eigenvalue weighted by Crippen LogP contribution is 2.10. The molecule has 2 atom stereocenters. The maximum Gasteiger partial charge on any atom is 0.311 e. The first-order valence-electron chi connectivity index (χ1n) is 6.15. The number of nitrogens with one attached hydrogen (secondary N) is 1. The molecule has 0 saturated carbocycles. The van der Waals surface area contributed by atoms with Gasteiger partial charge in [0.1, 0.15) is 0 Å². The van der Waals surface area contributed by atoms with E-state index in [4.69, 9.17) is 0 Å². The highest BCUT2D eigenvalue weighted by Gasteiger charge is 2.23. The number of aliphatic hydroxyl groups excluding tert-OH is 1. The number of methoxy groups -OCH3 is 1. The van der Waals surface area contributed by atoms with Crippen molar-refractivity contribution in [2.24, 2.45) is 5.92 Å². The Hall–Kier alpha value is -1.39. The maximum atomic E-state index is 11.4. The molecule has 0 bridgehead atoms. The minimum Gasteiger partial charge on any atom is -0.469 e. The molecule has 0 amide bonds. The molecular weight excluding hydrogens is 230 g/mol. The second-order valence-electron chi connectivity index (χ2n) is 4.32. The Bertz CT molecular complexity index is 351. The molecule has 4 nitrogen and oxygen atoms in total. The molecule has 0 saturated heterocycles. The van der Waals surface area contributed by atoms with Crippen LogP contribution < -0.4 is 5.32 Å². The summed E-state index contributed by atoms with van der Waals surface area (Å²) in [5, 5.41) is 12.7. The summed E-state index contributed by atoms with van der Waals surface area (Å²) in [5.74, 6) is -0.815. The van der Waals surface area contributed by atoms with Crippen LogP contribution >= 0.6 is 0 Å². The van der Waals surface area contributed by atoms with Gasteiger partial charge in [0.2, 0.25) is 0 Å². The molecule has 0 spiro atoms. The van der Waals surface area contributed by atoms with Gasteiger partial charge in [0, 0.05) is 6.54 Å². The standard InChI is InChI=1S/C14H21NO3/c1-11(16)13(14(17)18-2)8-9-15-10-12-6-4-3-5-7-12/h3-7,11,13,15-16H,8-10H2,1-2H3/t11-,13+/m1/s1. The normalized spacial score (nSPS) is 13.9. The van der Waals surface area contributed by atoms with Gasteiger partial charge in [-0.1, -0.05) is 30.3 Å². The number of benzene rings is 1. The van der Waals surface area contributed by atoms with Gasteiger partial charge in [-0.2, -0.15) is 0 Å². The molecule has 0 unspecified atom stereocenters. The maximum absolute atomic E-state index is 11.4. The van der Waals surface area contributed by atoms with Crippen molar-refractivity contribution in [3.05, 3.63) is 35.9 Å². The number of hydrogen-bond donors (Lipinski definition) is 2. The lowest BCUT2D eigenvalue weighted by Crippen LogP contribution is -2.30. The molecule has 4 heteroatoms. The summed E-state index contributed by atoms with van der Waals surface area (Å²) in [7, 11) is 1.34. The average molecular weight is 251 g/mol. The van der Waals surface area contributed by atoms with Gasteiger partial charge in [-0.05, 0) is 25.5 Å². The molecule has 18 heavy (non-hydrogen) atoms. The molecule has 0 heterocycles. The number of carbonyl (C=O) groups excluding carboxylic acids is 1. The Morgan fingerprint density at radius 2 is 2.06 bits per heavy atom. The van der Waals surface area contributed by atoms with Crippen LogP contribution in [0, 0.1) is 5.92 Å². The second-order valence-corrected chi connectivity index (χ2v) is 4.32. The fourth-order valence-electron chi connectivity index (χ4n) is 1.79. The van der Waals surface area contributed by atoms with Crippen LogP contribution in [0.1, 0.15) is 18.9 Å². The van der Waals surface area contributed by atoms with Crippen LogP contribution in [0.2, 0.25) is 0 Å². The monoisotopic (exact) mass is 251 g/mol. The predicted molar refractivity (Wildman–Crippen MR) is 70.0 cm³/mol. The topological polar surface area (TPSA) is 58.6 Å². The van der Waals surface area contributed by atoms with Crippen molar-refractivity contribution in [3.8, 4) is 0 Å². The van der Waals surface area contributed by atoms with Gasteiger partial charge in [0.15, 0.2) is 0 Å². The average Bonchev–Trinajstić information content (AvgIpc) is 2.38. The van der Waals surface area contributed by atoms with Gasteiger partial charge in [0.05, 0.1) is 19.1 Å². The van der Waals surface area contributed by atoms with E-state index in [9.17, 15) is 9.90 Å². The summed E-state index contributed by atoms with van der Waals surface area (Å²) in [5.41, 5.74) is 1.20. The van der Waals surface area contributed by atoms with Crippen molar-refractivity contribution < 1.29 is 14.6 Å². The molecule has 1 rings (SSSR count). The fraction of sp³-hybridized carbons (Fsp3) is 0.500. The van der Waals surface area contributed by atoms with E-state index in [1.54, 1.807) is 6.92 Å². The van der Waals surface area contributed by atoms with Crippen molar-refractivity contribution in [1.82, 2.24) is 5.32 Å². The molecule has 0 aliphatic heterocycles. The van der Waals surface area contributed by atoms with Gasteiger partial charge in [-0.3, -0.25) is 4.79 Å². The summed E-state index contributed by atoms with van der Waals surface area (Å²) in [6.07, 6.45) is -0.118. The highest BCUT2D eigenvalue weighted by molar-refractivity contribution is 5.72. The largest absolute Gasteiger partial charge is 0.469 e. The van der Waals surface area contributed by atoms with Crippen LogP contribution in [0.5, 0.6) is 0 Å². The summed E-state index contributed by atoms with van der Waals surface area (Å²) in [6.45, 7) is 3.03. The van der Waals surface area contributed by atoms with E-state index in [1.807, 2.05) is 30.3 Å². The van der Waals surface area contributed by atoms with Gasteiger partial charge in [0.25, 0.3) is 0 Å². The summed E-state index contributed by atoms with van der Waals surface area (Å²) >= 11 is 0. The summed E-state index contributed by atoms with van der Waals surface area (Å²) in [4.78, 5) is 11.4. The first kappa shape index (κ1) is 14.7. The molecule has 0 aromatic heterocycles. The van der Waals surface area contributed by atoms with Crippen molar-refractivity contribution in [2.75, 3.05) is 13.7 Å². The number of aliphatic hydroxyl groups is 1.